The summed E-state index contributed by atoms with van der Waals surface area (Å²) in [5.41, 5.74) is 0. The van der Waals surface area contributed by atoms with Crippen LogP contribution in [-0.4, -0.2) is 38.7 Å². The van der Waals surface area contributed by atoms with Crippen LogP contribution in [0.5, 0.6) is 0 Å². The van der Waals surface area contributed by atoms with Crippen molar-refractivity contribution in [1.82, 2.24) is 15.0 Å². The molecule has 1 aromatic rings. The molecule has 6 nitrogen and oxygen atoms in total. The van der Waals surface area contributed by atoms with Gasteiger partial charge < -0.3 is 9.63 Å². The van der Waals surface area contributed by atoms with Crippen LogP contribution >= 0.6 is 0 Å². The van der Waals surface area contributed by atoms with Gasteiger partial charge in [0, 0.05) is 6.42 Å². The molecule has 0 saturated carbocycles. The van der Waals surface area contributed by atoms with E-state index in [1.54, 1.807) is 0 Å². The Morgan fingerprint density at radius 1 is 1.58 bits per heavy atom. The van der Waals surface area contributed by atoms with Gasteiger partial charge in [0.1, 0.15) is 6.04 Å². The van der Waals surface area contributed by atoms with Crippen molar-refractivity contribution in [1.29, 1.82) is 0 Å². The van der Waals surface area contributed by atoms with E-state index in [1.807, 2.05) is 4.90 Å². The zero-order chi connectivity index (χ0) is 13.8. The number of aliphatic carboxylic acids is 1. The van der Waals surface area contributed by atoms with Crippen molar-refractivity contribution in [2.24, 2.45) is 5.92 Å². The van der Waals surface area contributed by atoms with E-state index in [-0.39, 0.29) is 0 Å². The van der Waals surface area contributed by atoms with Crippen LogP contribution in [-0.2, 0) is 17.8 Å². The first-order valence-electron chi connectivity index (χ1n) is 6.84. The highest BCUT2D eigenvalue weighted by atomic mass is 16.5. The van der Waals surface area contributed by atoms with Crippen molar-refractivity contribution in [2.75, 3.05) is 6.54 Å². The van der Waals surface area contributed by atoms with Crippen LogP contribution in [0.3, 0.4) is 0 Å². The Labute approximate surface area is 112 Å². The molecule has 1 fully saturated rings. The second kappa shape index (κ2) is 6.14. The fraction of sp³-hybridized carbons (Fsp3) is 0.769. The summed E-state index contributed by atoms with van der Waals surface area (Å²) in [4.78, 5) is 17.3. The predicted molar refractivity (Wildman–Crippen MR) is 68.5 cm³/mol. The first-order chi connectivity index (χ1) is 9.06. The van der Waals surface area contributed by atoms with Gasteiger partial charge in [-0.15, -0.1) is 0 Å². The predicted octanol–water partition coefficient (Wildman–Crippen LogP) is 1.71. The zero-order valence-electron chi connectivity index (χ0n) is 11.5. The van der Waals surface area contributed by atoms with E-state index in [0.717, 1.165) is 31.6 Å². The number of rotatable bonds is 6. The highest BCUT2D eigenvalue weighted by Crippen LogP contribution is 2.19. The van der Waals surface area contributed by atoms with Crippen molar-refractivity contribution in [3.63, 3.8) is 0 Å². The lowest BCUT2D eigenvalue weighted by molar-refractivity contribution is -0.142. The van der Waals surface area contributed by atoms with E-state index >= 15 is 0 Å². The Hall–Kier alpha value is -1.43. The molecule has 2 rings (SSSR count). The Morgan fingerprint density at radius 2 is 2.37 bits per heavy atom. The number of hydrogen-bond donors (Lipinski definition) is 1. The van der Waals surface area contributed by atoms with E-state index in [2.05, 4.69) is 24.0 Å². The summed E-state index contributed by atoms with van der Waals surface area (Å²) in [6.07, 6.45) is 3.44. The van der Waals surface area contributed by atoms with Crippen LogP contribution in [0.15, 0.2) is 4.52 Å². The fourth-order valence-corrected chi connectivity index (χ4v) is 2.34. The number of carboxylic acid groups (broad SMARTS) is 1. The number of aromatic nitrogens is 2. The highest BCUT2D eigenvalue weighted by molar-refractivity contribution is 5.73. The number of likely N-dealkylation sites (tertiary alicyclic amines) is 1. The van der Waals surface area contributed by atoms with E-state index in [9.17, 15) is 4.79 Å². The van der Waals surface area contributed by atoms with Gasteiger partial charge in [0.2, 0.25) is 5.89 Å². The van der Waals surface area contributed by atoms with Crippen molar-refractivity contribution in [3.05, 3.63) is 11.7 Å². The van der Waals surface area contributed by atoms with Gasteiger partial charge in [0.15, 0.2) is 5.82 Å². The molecular formula is C13H21N3O3. The maximum Gasteiger partial charge on any atom is 0.320 e. The molecule has 0 radical (unpaired) electrons. The van der Waals surface area contributed by atoms with Gasteiger partial charge in [-0.1, -0.05) is 19.0 Å². The minimum absolute atomic E-state index is 0.411. The average Bonchev–Trinajstić information content (AvgIpc) is 2.96. The molecule has 1 atom stereocenters. The molecule has 0 aliphatic carbocycles. The molecule has 1 saturated heterocycles. The minimum Gasteiger partial charge on any atom is -0.480 e. The van der Waals surface area contributed by atoms with Gasteiger partial charge in [-0.2, -0.15) is 4.98 Å². The number of nitrogens with zero attached hydrogens (tertiary/aromatic N) is 3. The second-order valence-electron chi connectivity index (χ2n) is 5.50. The fourth-order valence-electron chi connectivity index (χ4n) is 2.34. The largest absolute Gasteiger partial charge is 0.480 e. The van der Waals surface area contributed by atoms with Gasteiger partial charge in [-0.05, 0) is 31.7 Å². The lowest BCUT2D eigenvalue weighted by Gasteiger charge is -2.18. The maximum absolute atomic E-state index is 11.1. The molecule has 2 heterocycles. The maximum atomic E-state index is 11.1. The van der Waals surface area contributed by atoms with Crippen LogP contribution in [0.1, 0.15) is 44.8 Å². The standard InChI is InChI=1S/C13H21N3O3/c1-9(2)5-6-11-14-12(19-15-11)8-16-7-3-4-10(16)13(17)18/h9-10H,3-8H2,1-2H3,(H,17,18). The van der Waals surface area contributed by atoms with Gasteiger partial charge in [0.05, 0.1) is 6.54 Å². The topological polar surface area (TPSA) is 79.5 Å². The summed E-state index contributed by atoms with van der Waals surface area (Å²) < 4.78 is 5.19. The Kier molecular flexibility index (Phi) is 4.52. The average molecular weight is 267 g/mol. The van der Waals surface area contributed by atoms with Gasteiger partial charge >= 0.3 is 5.97 Å². The molecule has 19 heavy (non-hydrogen) atoms. The van der Waals surface area contributed by atoms with E-state index in [0.29, 0.717) is 24.8 Å². The van der Waals surface area contributed by atoms with E-state index in [1.165, 1.54) is 0 Å². The van der Waals surface area contributed by atoms with E-state index in [4.69, 9.17) is 9.63 Å². The molecule has 6 heteroatoms. The van der Waals surface area contributed by atoms with Crippen LogP contribution in [0, 0.1) is 5.92 Å². The molecule has 0 aromatic carbocycles. The van der Waals surface area contributed by atoms with Crippen LogP contribution in [0.4, 0.5) is 0 Å². The summed E-state index contributed by atoms with van der Waals surface area (Å²) >= 11 is 0. The molecule has 1 aliphatic heterocycles. The summed E-state index contributed by atoms with van der Waals surface area (Å²) in [5.74, 6) is 1.08. The molecule has 0 bridgehead atoms. The van der Waals surface area contributed by atoms with Crippen LogP contribution in [0.2, 0.25) is 0 Å². The number of hydrogen-bond acceptors (Lipinski definition) is 5. The SMILES string of the molecule is CC(C)CCc1noc(CN2CCCC2C(=O)O)n1. The third-order valence-corrected chi connectivity index (χ3v) is 3.44. The molecule has 1 N–H and O–H groups in total. The molecule has 0 spiro atoms. The molecule has 1 unspecified atom stereocenters. The minimum atomic E-state index is -0.767. The lowest BCUT2D eigenvalue weighted by Crippen LogP contribution is -2.35. The Bertz CT molecular complexity index is 431. The molecule has 1 aliphatic rings. The van der Waals surface area contributed by atoms with Crippen molar-refractivity contribution in [2.45, 2.75) is 52.1 Å². The third kappa shape index (κ3) is 3.76. The summed E-state index contributed by atoms with van der Waals surface area (Å²) in [6.45, 7) is 5.53. The molecular weight excluding hydrogens is 246 g/mol. The van der Waals surface area contributed by atoms with Crippen LogP contribution < -0.4 is 0 Å². The van der Waals surface area contributed by atoms with Gasteiger partial charge in [-0.3, -0.25) is 9.69 Å². The zero-order valence-corrected chi connectivity index (χ0v) is 11.5. The summed E-state index contributed by atoms with van der Waals surface area (Å²) in [6, 6.07) is -0.411. The normalized spacial score (nSPS) is 20.3. The molecule has 1 aromatic heterocycles. The number of carboxylic acids is 1. The Balaban J connectivity index is 1.90. The molecule has 106 valence electrons. The van der Waals surface area contributed by atoms with Crippen molar-refractivity contribution in [3.8, 4) is 0 Å². The second-order valence-corrected chi connectivity index (χ2v) is 5.50. The summed E-state index contributed by atoms with van der Waals surface area (Å²) in [5, 5.41) is 13.0. The quantitative estimate of drug-likeness (QED) is 0.845. The van der Waals surface area contributed by atoms with Gasteiger partial charge in [0.25, 0.3) is 0 Å². The van der Waals surface area contributed by atoms with Crippen molar-refractivity contribution >= 4 is 5.97 Å². The van der Waals surface area contributed by atoms with Gasteiger partial charge in [-0.25, -0.2) is 0 Å². The van der Waals surface area contributed by atoms with Crippen LogP contribution in [0.25, 0.3) is 0 Å². The number of aryl methyl sites for hydroxylation is 1. The summed E-state index contributed by atoms with van der Waals surface area (Å²) in [7, 11) is 0. The monoisotopic (exact) mass is 267 g/mol. The smallest absolute Gasteiger partial charge is 0.320 e. The Morgan fingerprint density at radius 3 is 3.05 bits per heavy atom. The number of carbonyl (C=O) groups is 1. The first kappa shape index (κ1) is 14.0. The highest BCUT2D eigenvalue weighted by Gasteiger charge is 2.31. The van der Waals surface area contributed by atoms with Crippen molar-refractivity contribution < 1.29 is 14.4 Å². The third-order valence-electron chi connectivity index (χ3n) is 3.44. The van der Waals surface area contributed by atoms with E-state index < -0.39 is 12.0 Å². The lowest BCUT2D eigenvalue weighted by atomic mass is 10.1. The first-order valence-corrected chi connectivity index (χ1v) is 6.84. The molecule has 0 amide bonds.